The predicted octanol–water partition coefficient (Wildman–Crippen LogP) is 0.574. The second-order valence-corrected chi connectivity index (χ2v) is 4.99. The van der Waals surface area contributed by atoms with Gasteiger partial charge in [0.25, 0.3) is 0 Å². The molecule has 0 N–H and O–H groups in total. The minimum atomic E-state index is -1.15. The Kier molecular flexibility index (Phi) is 4.61. The van der Waals surface area contributed by atoms with Crippen molar-refractivity contribution in [3.05, 3.63) is 29.8 Å². The van der Waals surface area contributed by atoms with Gasteiger partial charge in [0.05, 0.1) is 6.61 Å². The summed E-state index contributed by atoms with van der Waals surface area (Å²) in [6, 6.07) is 7.53. The van der Waals surface area contributed by atoms with Crippen molar-refractivity contribution >= 4 is 11.9 Å². The number of amides is 1. The van der Waals surface area contributed by atoms with Crippen LogP contribution in [0.5, 0.6) is 5.75 Å². The van der Waals surface area contributed by atoms with Gasteiger partial charge in [0.15, 0.2) is 0 Å². The number of carbonyl (C=O) groups is 2. The molecule has 0 aliphatic carbocycles. The molecule has 1 aromatic rings. The molecule has 0 radical (unpaired) electrons. The summed E-state index contributed by atoms with van der Waals surface area (Å²) in [7, 11) is 0. The molecule has 1 saturated heterocycles. The maximum atomic E-state index is 11.8. The van der Waals surface area contributed by atoms with Crippen molar-refractivity contribution in [1.29, 1.82) is 0 Å². The molecule has 1 amide bonds. The number of carboxylic acid groups (broad SMARTS) is 1. The summed E-state index contributed by atoms with van der Waals surface area (Å²) in [6.45, 7) is 3.32. The second kappa shape index (κ2) is 6.41. The van der Waals surface area contributed by atoms with Crippen molar-refractivity contribution in [3.63, 3.8) is 0 Å². The topological polar surface area (TPSA) is 69.7 Å². The third-order valence-electron chi connectivity index (χ3n) is 3.29. The molecule has 0 aromatic heterocycles. The van der Waals surface area contributed by atoms with Crippen LogP contribution in [0, 0.1) is 5.92 Å². The number of nitrogens with zero attached hydrogens (tertiary/aromatic N) is 1. The summed E-state index contributed by atoms with van der Waals surface area (Å²) in [5, 5.41) is 10.8. The number of benzene rings is 1. The third-order valence-corrected chi connectivity index (χ3v) is 3.29. The number of hydrogen-bond donors (Lipinski definition) is 0. The first-order valence-electron chi connectivity index (χ1n) is 6.80. The van der Waals surface area contributed by atoms with E-state index < -0.39 is 11.9 Å². The molecule has 1 heterocycles. The Hall–Kier alpha value is -2.04. The van der Waals surface area contributed by atoms with Crippen LogP contribution in [0.4, 0.5) is 0 Å². The SMILES string of the molecule is CCCOc1cccc(CN2C[C@@H](C(=O)[O-])CC2=O)c1. The highest BCUT2D eigenvalue weighted by Gasteiger charge is 2.30. The smallest absolute Gasteiger partial charge is 0.223 e. The first kappa shape index (κ1) is 14.4. The number of rotatable bonds is 6. The molecule has 0 unspecified atom stereocenters. The number of ether oxygens (including phenoxy) is 1. The van der Waals surface area contributed by atoms with Gasteiger partial charge in [-0.1, -0.05) is 19.1 Å². The first-order chi connectivity index (χ1) is 9.60. The van der Waals surface area contributed by atoms with Crippen LogP contribution in [0.3, 0.4) is 0 Å². The van der Waals surface area contributed by atoms with Crippen LogP contribution in [-0.2, 0) is 16.1 Å². The lowest BCUT2D eigenvalue weighted by molar-refractivity contribution is -0.311. The van der Waals surface area contributed by atoms with E-state index >= 15 is 0 Å². The van der Waals surface area contributed by atoms with Gasteiger partial charge in [-0.05, 0) is 24.1 Å². The van der Waals surface area contributed by atoms with Gasteiger partial charge in [-0.2, -0.15) is 0 Å². The predicted molar refractivity (Wildman–Crippen MR) is 70.8 cm³/mol. The average Bonchev–Trinajstić information content (AvgIpc) is 2.79. The molecule has 5 heteroatoms. The zero-order valence-electron chi connectivity index (χ0n) is 11.5. The standard InChI is InChI=1S/C15H19NO4/c1-2-6-20-13-5-3-4-11(7-13)9-16-10-12(15(18)19)8-14(16)17/h3-5,7,12H,2,6,8-10H2,1H3,(H,18,19)/p-1/t12-/m0/s1. The lowest BCUT2D eigenvalue weighted by Gasteiger charge is -2.17. The van der Waals surface area contributed by atoms with Crippen LogP contribution < -0.4 is 9.84 Å². The van der Waals surface area contributed by atoms with Gasteiger partial charge in [-0.25, -0.2) is 0 Å². The van der Waals surface area contributed by atoms with Gasteiger partial charge in [0.1, 0.15) is 5.75 Å². The van der Waals surface area contributed by atoms with Crippen molar-refractivity contribution < 1.29 is 19.4 Å². The number of likely N-dealkylation sites (tertiary alicyclic amines) is 1. The highest BCUT2D eigenvalue weighted by atomic mass is 16.5. The Morgan fingerprint density at radius 2 is 2.30 bits per heavy atom. The molecule has 5 nitrogen and oxygen atoms in total. The van der Waals surface area contributed by atoms with Crippen molar-refractivity contribution in [2.24, 2.45) is 5.92 Å². The van der Waals surface area contributed by atoms with E-state index in [1.54, 1.807) is 4.90 Å². The maximum Gasteiger partial charge on any atom is 0.223 e. The monoisotopic (exact) mass is 276 g/mol. The summed E-state index contributed by atoms with van der Waals surface area (Å²) < 4.78 is 5.54. The van der Waals surface area contributed by atoms with Crippen molar-refractivity contribution in [3.8, 4) is 5.75 Å². The average molecular weight is 276 g/mol. The van der Waals surface area contributed by atoms with Gasteiger partial charge in [0, 0.05) is 31.4 Å². The van der Waals surface area contributed by atoms with Crippen molar-refractivity contribution in [2.75, 3.05) is 13.2 Å². The first-order valence-corrected chi connectivity index (χ1v) is 6.80. The fourth-order valence-corrected chi connectivity index (χ4v) is 2.26. The fraction of sp³-hybridized carbons (Fsp3) is 0.467. The van der Waals surface area contributed by atoms with Gasteiger partial charge >= 0.3 is 0 Å². The number of aliphatic carboxylic acids is 1. The Morgan fingerprint density at radius 1 is 1.50 bits per heavy atom. The van der Waals surface area contributed by atoms with Crippen LogP contribution in [0.15, 0.2) is 24.3 Å². The summed E-state index contributed by atoms with van der Waals surface area (Å²) in [4.78, 5) is 24.1. The van der Waals surface area contributed by atoms with E-state index in [9.17, 15) is 14.7 Å². The fourth-order valence-electron chi connectivity index (χ4n) is 2.26. The van der Waals surface area contributed by atoms with Crippen LogP contribution in [0.25, 0.3) is 0 Å². The summed E-state index contributed by atoms with van der Waals surface area (Å²) in [5.74, 6) is -1.21. The lowest BCUT2D eigenvalue weighted by Crippen LogP contribution is -2.33. The molecule has 0 saturated carbocycles. The molecule has 1 aliphatic heterocycles. The molecule has 1 aliphatic rings. The summed E-state index contributed by atoms with van der Waals surface area (Å²) >= 11 is 0. The molecule has 2 rings (SSSR count). The molecule has 1 aromatic carbocycles. The number of carbonyl (C=O) groups excluding carboxylic acids is 2. The second-order valence-electron chi connectivity index (χ2n) is 4.99. The highest BCUT2D eigenvalue weighted by molar-refractivity contribution is 5.85. The third kappa shape index (κ3) is 3.50. The van der Waals surface area contributed by atoms with Gasteiger partial charge in [0.2, 0.25) is 5.91 Å². The largest absolute Gasteiger partial charge is 0.550 e. The Labute approximate surface area is 118 Å². The van der Waals surface area contributed by atoms with Crippen LogP contribution in [0.1, 0.15) is 25.3 Å². The van der Waals surface area contributed by atoms with Gasteiger partial charge in [-0.15, -0.1) is 0 Å². The van der Waals surface area contributed by atoms with E-state index in [0.29, 0.717) is 13.2 Å². The quantitative estimate of drug-likeness (QED) is 0.762. The van der Waals surface area contributed by atoms with E-state index in [1.165, 1.54) is 0 Å². The minimum Gasteiger partial charge on any atom is -0.550 e. The van der Waals surface area contributed by atoms with Crippen LogP contribution in [-0.4, -0.2) is 29.9 Å². The normalized spacial score (nSPS) is 18.4. The Bertz CT molecular complexity index is 500. The lowest BCUT2D eigenvalue weighted by atomic mass is 10.1. The van der Waals surface area contributed by atoms with E-state index in [-0.39, 0.29) is 18.9 Å². The summed E-state index contributed by atoms with van der Waals surface area (Å²) in [6.07, 6.45) is 0.969. The number of hydrogen-bond acceptors (Lipinski definition) is 4. The van der Waals surface area contributed by atoms with E-state index in [1.807, 2.05) is 31.2 Å². The van der Waals surface area contributed by atoms with E-state index in [4.69, 9.17) is 4.74 Å². The Balaban J connectivity index is 1.99. The van der Waals surface area contributed by atoms with Crippen LogP contribution in [0.2, 0.25) is 0 Å². The van der Waals surface area contributed by atoms with Crippen molar-refractivity contribution in [1.82, 2.24) is 4.90 Å². The zero-order valence-corrected chi connectivity index (χ0v) is 11.5. The molecule has 1 fully saturated rings. The molecular formula is C15H18NO4-. The number of carboxylic acids is 1. The van der Waals surface area contributed by atoms with E-state index in [0.717, 1.165) is 17.7 Å². The molecule has 108 valence electrons. The zero-order chi connectivity index (χ0) is 14.5. The minimum absolute atomic E-state index is 0.0361. The maximum absolute atomic E-state index is 11.8. The van der Waals surface area contributed by atoms with Gasteiger partial charge < -0.3 is 19.5 Å². The molecule has 0 bridgehead atoms. The van der Waals surface area contributed by atoms with Crippen molar-refractivity contribution in [2.45, 2.75) is 26.3 Å². The van der Waals surface area contributed by atoms with Gasteiger partial charge in [-0.3, -0.25) is 4.79 Å². The van der Waals surface area contributed by atoms with E-state index in [2.05, 4.69) is 0 Å². The summed E-state index contributed by atoms with van der Waals surface area (Å²) in [5.41, 5.74) is 0.936. The highest BCUT2D eigenvalue weighted by Crippen LogP contribution is 2.21. The Morgan fingerprint density at radius 3 is 2.95 bits per heavy atom. The van der Waals surface area contributed by atoms with Crippen LogP contribution >= 0.6 is 0 Å². The molecule has 0 spiro atoms. The molecule has 1 atom stereocenters. The molecular weight excluding hydrogens is 258 g/mol. The molecule has 20 heavy (non-hydrogen) atoms.